The smallest absolute Gasteiger partial charge is 0.407 e. The second-order valence-corrected chi connectivity index (χ2v) is 4.86. The first-order valence-electron chi connectivity index (χ1n) is 7.19. The van der Waals surface area contributed by atoms with E-state index in [2.05, 4.69) is 5.32 Å². The van der Waals surface area contributed by atoms with Crippen LogP contribution in [0.2, 0.25) is 0 Å². The number of ether oxygens (including phenoxy) is 1. The van der Waals surface area contributed by atoms with Crippen molar-refractivity contribution in [3.05, 3.63) is 77.1 Å². The second kappa shape index (κ2) is 8.70. The van der Waals surface area contributed by atoms with Crippen LogP contribution in [-0.2, 0) is 18.0 Å². The molecule has 0 atom stereocenters. The molecule has 2 rings (SSSR count). The Morgan fingerprint density at radius 1 is 1.17 bits per heavy atom. The van der Waals surface area contributed by atoms with E-state index in [1.165, 1.54) is 6.07 Å². The molecular weight excluding hydrogens is 297 g/mol. The van der Waals surface area contributed by atoms with E-state index in [-0.39, 0.29) is 19.8 Å². The molecule has 0 bridgehead atoms. The van der Waals surface area contributed by atoms with Crippen molar-refractivity contribution < 1.29 is 19.0 Å². The van der Waals surface area contributed by atoms with Crippen LogP contribution in [-0.4, -0.2) is 17.7 Å². The van der Waals surface area contributed by atoms with Gasteiger partial charge >= 0.3 is 6.09 Å². The average Bonchev–Trinajstić information content (AvgIpc) is 2.58. The lowest BCUT2D eigenvalue weighted by atomic mass is 10.1. The highest BCUT2D eigenvalue weighted by Gasteiger charge is 2.02. The van der Waals surface area contributed by atoms with Crippen LogP contribution in [0.15, 0.2) is 54.6 Å². The van der Waals surface area contributed by atoms with Crippen molar-refractivity contribution >= 4 is 12.2 Å². The molecule has 120 valence electrons. The fourth-order valence-electron chi connectivity index (χ4n) is 1.91. The first-order valence-corrected chi connectivity index (χ1v) is 7.19. The summed E-state index contributed by atoms with van der Waals surface area (Å²) >= 11 is 0. The maximum Gasteiger partial charge on any atom is 0.407 e. The summed E-state index contributed by atoms with van der Waals surface area (Å²) in [5.41, 5.74) is 1.81. The molecule has 0 aliphatic rings. The van der Waals surface area contributed by atoms with E-state index in [4.69, 9.17) is 9.84 Å². The standard InChI is InChI=1S/C18H18FNO3/c19-17-11-15(12-21)8-9-16(17)7-4-10-20-18(22)23-13-14-5-2-1-3-6-14/h1-9,11,21H,10,12-13H2,(H,20,22). The summed E-state index contributed by atoms with van der Waals surface area (Å²) in [5, 5.41) is 11.5. The Morgan fingerprint density at radius 2 is 1.96 bits per heavy atom. The molecule has 5 heteroatoms. The Morgan fingerprint density at radius 3 is 2.65 bits per heavy atom. The molecule has 2 aromatic carbocycles. The van der Waals surface area contributed by atoms with Crippen LogP contribution in [0.5, 0.6) is 0 Å². The highest BCUT2D eigenvalue weighted by atomic mass is 19.1. The van der Waals surface area contributed by atoms with Crippen molar-refractivity contribution in [3.8, 4) is 0 Å². The van der Waals surface area contributed by atoms with E-state index >= 15 is 0 Å². The van der Waals surface area contributed by atoms with E-state index < -0.39 is 11.9 Å². The molecular formula is C18H18FNO3. The van der Waals surface area contributed by atoms with Gasteiger partial charge in [0.2, 0.25) is 0 Å². The number of rotatable bonds is 6. The van der Waals surface area contributed by atoms with Crippen LogP contribution in [0.3, 0.4) is 0 Å². The van der Waals surface area contributed by atoms with Gasteiger partial charge in [-0.1, -0.05) is 54.6 Å². The van der Waals surface area contributed by atoms with Crippen LogP contribution in [0.1, 0.15) is 16.7 Å². The fourth-order valence-corrected chi connectivity index (χ4v) is 1.91. The normalized spacial score (nSPS) is 10.7. The predicted molar refractivity (Wildman–Crippen MR) is 86.0 cm³/mol. The molecule has 2 aromatic rings. The van der Waals surface area contributed by atoms with Gasteiger partial charge < -0.3 is 15.2 Å². The third-order valence-corrected chi connectivity index (χ3v) is 3.12. The SMILES string of the molecule is O=C(NCC=Cc1ccc(CO)cc1F)OCc1ccccc1. The van der Waals surface area contributed by atoms with Crippen LogP contribution in [0.25, 0.3) is 6.08 Å². The summed E-state index contributed by atoms with van der Waals surface area (Å²) in [4.78, 5) is 11.5. The number of aliphatic hydroxyl groups excluding tert-OH is 1. The van der Waals surface area contributed by atoms with E-state index in [0.29, 0.717) is 11.1 Å². The average molecular weight is 315 g/mol. The number of nitrogens with one attached hydrogen (secondary N) is 1. The molecule has 2 N–H and O–H groups in total. The molecule has 0 fully saturated rings. The lowest BCUT2D eigenvalue weighted by Gasteiger charge is -2.05. The quantitative estimate of drug-likeness (QED) is 0.860. The molecule has 0 saturated heterocycles. The third-order valence-electron chi connectivity index (χ3n) is 3.12. The van der Waals surface area contributed by atoms with Gasteiger partial charge in [0.1, 0.15) is 12.4 Å². The van der Waals surface area contributed by atoms with Gasteiger partial charge in [0.05, 0.1) is 6.61 Å². The lowest BCUT2D eigenvalue weighted by Crippen LogP contribution is -2.24. The van der Waals surface area contributed by atoms with Crippen molar-refractivity contribution in [3.63, 3.8) is 0 Å². The van der Waals surface area contributed by atoms with E-state index in [9.17, 15) is 9.18 Å². The number of carbonyl (C=O) groups excluding carboxylic acids is 1. The van der Waals surface area contributed by atoms with Crippen LogP contribution < -0.4 is 5.32 Å². The Bertz CT molecular complexity index is 671. The highest BCUT2D eigenvalue weighted by molar-refractivity contribution is 5.67. The summed E-state index contributed by atoms with van der Waals surface area (Å²) in [6.45, 7) is 0.234. The van der Waals surface area contributed by atoms with Crippen LogP contribution >= 0.6 is 0 Å². The number of hydrogen-bond acceptors (Lipinski definition) is 3. The number of amides is 1. The van der Waals surface area contributed by atoms with Gasteiger partial charge in [-0.3, -0.25) is 0 Å². The molecule has 0 unspecified atom stereocenters. The molecule has 0 aliphatic carbocycles. The van der Waals surface area contributed by atoms with Crippen molar-refractivity contribution in [1.29, 1.82) is 0 Å². The number of halogens is 1. The fraction of sp³-hybridized carbons (Fsp3) is 0.167. The molecule has 0 radical (unpaired) electrons. The van der Waals surface area contributed by atoms with Gasteiger partial charge in [0.25, 0.3) is 0 Å². The van der Waals surface area contributed by atoms with E-state index in [1.807, 2.05) is 30.3 Å². The van der Waals surface area contributed by atoms with Gasteiger partial charge in [-0.25, -0.2) is 9.18 Å². The second-order valence-electron chi connectivity index (χ2n) is 4.86. The zero-order chi connectivity index (χ0) is 16.5. The largest absolute Gasteiger partial charge is 0.445 e. The van der Waals surface area contributed by atoms with Gasteiger partial charge in [-0.2, -0.15) is 0 Å². The first-order chi connectivity index (χ1) is 11.2. The van der Waals surface area contributed by atoms with Gasteiger partial charge in [0.15, 0.2) is 0 Å². The van der Waals surface area contributed by atoms with Crippen molar-refractivity contribution in [1.82, 2.24) is 5.32 Å². The Kier molecular flexibility index (Phi) is 6.32. The molecule has 4 nitrogen and oxygen atoms in total. The monoisotopic (exact) mass is 315 g/mol. The number of hydrogen-bond donors (Lipinski definition) is 2. The van der Waals surface area contributed by atoms with E-state index in [0.717, 1.165) is 5.56 Å². The summed E-state index contributed by atoms with van der Waals surface area (Å²) in [6, 6.07) is 13.9. The number of benzene rings is 2. The summed E-state index contributed by atoms with van der Waals surface area (Å²) in [6.07, 6.45) is 2.66. The molecule has 0 aliphatic heterocycles. The summed E-state index contributed by atoms with van der Waals surface area (Å²) < 4.78 is 18.7. The molecule has 0 aromatic heterocycles. The minimum absolute atomic E-state index is 0.199. The Labute approximate surface area is 134 Å². The van der Waals surface area contributed by atoms with Gasteiger partial charge in [-0.05, 0) is 17.2 Å². The van der Waals surface area contributed by atoms with Crippen molar-refractivity contribution in [2.24, 2.45) is 0 Å². The zero-order valence-corrected chi connectivity index (χ0v) is 12.5. The number of carbonyl (C=O) groups is 1. The minimum Gasteiger partial charge on any atom is -0.445 e. The zero-order valence-electron chi connectivity index (χ0n) is 12.5. The van der Waals surface area contributed by atoms with Crippen molar-refractivity contribution in [2.75, 3.05) is 6.54 Å². The van der Waals surface area contributed by atoms with E-state index in [1.54, 1.807) is 24.3 Å². The lowest BCUT2D eigenvalue weighted by molar-refractivity contribution is 0.141. The summed E-state index contributed by atoms with van der Waals surface area (Å²) in [7, 11) is 0. The minimum atomic E-state index is -0.533. The third kappa shape index (κ3) is 5.56. The maximum absolute atomic E-state index is 13.7. The Balaban J connectivity index is 1.74. The topological polar surface area (TPSA) is 58.6 Å². The molecule has 0 spiro atoms. The van der Waals surface area contributed by atoms with Crippen LogP contribution in [0, 0.1) is 5.82 Å². The highest BCUT2D eigenvalue weighted by Crippen LogP contribution is 2.12. The molecule has 0 heterocycles. The predicted octanol–water partition coefficient (Wildman–Crippen LogP) is 3.26. The molecule has 0 saturated carbocycles. The molecule has 23 heavy (non-hydrogen) atoms. The van der Waals surface area contributed by atoms with Crippen molar-refractivity contribution in [2.45, 2.75) is 13.2 Å². The molecule has 1 amide bonds. The van der Waals surface area contributed by atoms with Crippen LogP contribution in [0.4, 0.5) is 9.18 Å². The number of aliphatic hydroxyl groups is 1. The van der Waals surface area contributed by atoms with Gasteiger partial charge in [-0.15, -0.1) is 0 Å². The maximum atomic E-state index is 13.7. The number of alkyl carbamates (subject to hydrolysis) is 1. The van der Waals surface area contributed by atoms with Gasteiger partial charge in [0, 0.05) is 12.1 Å². The Hall–Kier alpha value is -2.66. The summed E-state index contributed by atoms with van der Waals surface area (Å²) in [5.74, 6) is -0.417. The first kappa shape index (κ1) is 16.7.